The summed E-state index contributed by atoms with van der Waals surface area (Å²) in [5, 5.41) is 0. The van der Waals surface area contributed by atoms with Crippen molar-refractivity contribution < 1.29 is 32.3 Å². The number of amides is 2. The second-order valence-corrected chi connectivity index (χ2v) is 7.01. The highest BCUT2D eigenvalue weighted by Crippen LogP contribution is 2.30. The van der Waals surface area contributed by atoms with Gasteiger partial charge in [0.1, 0.15) is 6.54 Å². The molecule has 1 aromatic rings. The zero-order chi connectivity index (χ0) is 21.1. The third kappa shape index (κ3) is 5.24. The number of alkyl halides is 3. The summed E-state index contributed by atoms with van der Waals surface area (Å²) in [4.78, 5) is 39.3. The molecule has 1 aliphatic heterocycles. The third-order valence-electron chi connectivity index (χ3n) is 4.63. The average molecular weight is 400 g/mol. The Bertz CT molecular complexity index is 749. The molecule has 154 valence electrons. The van der Waals surface area contributed by atoms with Crippen LogP contribution in [0.15, 0.2) is 24.3 Å². The van der Waals surface area contributed by atoms with Crippen LogP contribution in [0.3, 0.4) is 0 Å². The highest BCUT2D eigenvalue weighted by molar-refractivity contribution is 5.91. The minimum absolute atomic E-state index is 0.00872. The zero-order valence-corrected chi connectivity index (χ0v) is 16.0. The van der Waals surface area contributed by atoms with Crippen LogP contribution in [0.1, 0.15) is 31.4 Å². The number of rotatable bonds is 6. The smallest absolute Gasteiger partial charge is 0.416 e. The molecule has 0 saturated carbocycles. The molecule has 0 N–H and O–H groups in total. The van der Waals surface area contributed by atoms with Crippen molar-refractivity contribution in [2.24, 2.45) is 5.92 Å². The summed E-state index contributed by atoms with van der Waals surface area (Å²) in [5.41, 5.74) is -0.445. The Balaban J connectivity index is 2.08. The lowest BCUT2D eigenvalue weighted by molar-refractivity contribution is -0.149. The maximum Gasteiger partial charge on any atom is 0.416 e. The lowest BCUT2D eigenvalue weighted by Crippen LogP contribution is -2.44. The van der Waals surface area contributed by atoms with Crippen molar-refractivity contribution in [3.63, 3.8) is 0 Å². The van der Waals surface area contributed by atoms with Crippen molar-refractivity contribution >= 4 is 17.8 Å². The highest BCUT2D eigenvalue weighted by Gasteiger charge is 2.38. The van der Waals surface area contributed by atoms with E-state index in [1.807, 2.05) is 0 Å². The molecule has 2 rings (SSSR count). The molecule has 2 amide bonds. The van der Waals surface area contributed by atoms with Crippen LogP contribution in [0.4, 0.5) is 13.2 Å². The van der Waals surface area contributed by atoms with E-state index in [1.165, 1.54) is 29.0 Å². The predicted molar refractivity (Wildman–Crippen MR) is 93.8 cm³/mol. The van der Waals surface area contributed by atoms with Crippen LogP contribution in [-0.4, -0.2) is 53.8 Å². The number of esters is 1. The fraction of sp³-hybridized carbons (Fsp3) is 0.526. The minimum Gasteiger partial charge on any atom is -0.468 e. The minimum atomic E-state index is -4.46. The van der Waals surface area contributed by atoms with E-state index < -0.39 is 23.6 Å². The van der Waals surface area contributed by atoms with Gasteiger partial charge in [-0.25, -0.2) is 0 Å². The number of likely N-dealkylation sites (tertiary alicyclic amines) is 1. The molecule has 0 bridgehead atoms. The zero-order valence-electron chi connectivity index (χ0n) is 16.0. The first-order valence-electron chi connectivity index (χ1n) is 8.84. The fourth-order valence-corrected chi connectivity index (χ4v) is 3.11. The topological polar surface area (TPSA) is 66.9 Å². The normalized spacial score (nSPS) is 17.2. The third-order valence-corrected chi connectivity index (χ3v) is 4.63. The fourth-order valence-electron chi connectivity index (χ4n) is 3.11. The van der Waals surface area contributed by atoms with Crippen molar-refractivity contribution in [1.29, 1.82) is 0 Å². The van der Waals surface area contributed by atoms with Crippen LogP contribution in [0.5, 0.6) is 0 Å². The van der Waals surface area contributed by atoms with Gasteiger partial charge in [-0.2, -0.15) is 13.2 Å². The molecule has 0 aliphatic carbocycles. The summed E-state index contributed by atoms with van der Waals surface area (Å²) < 4.78 is 43.2. The van der Waals surface area contributed by atoms with Gasteiger partial charge < -0.3 is 14.5 Å². The number of benzene rings is 1. The molecule has 1 heterocycles. The predicted octanol–water partition coefficient (Wildman–Crippen LogP) is 2.46. The van der Waals surface area contributed by atoms with Gasteiger partial charge in [-0.05, 0) is 31.5 Å². The molecule has 1 atom stereocenters. The Morgan fingerprint density at radius 2 is 2.00 bits per heavy atom. The number of halogens is 3. The first-order valence-corrected chi connectivity index (χ1v) is 8.84. The van der Waals surface area contributed by atoms with E-state index in [-0.39, 0.29) is 43.9 Å². The number of hydrogen-bond donors (Lipinski definition) is 0. The number of nitrogens with zero attached hydrogens (tertiary/aromatic N) is 2. The monoisotopic (exact) mass is 400 g/mol. The molecular weight excluding hydrogens is 377 g/mol. The molecule has 9 heteroatoms. The molecule has 1 aromatic carbocycles. The number of carbonyl (C=O) groups is 3. The molecule has 6 nitrogen and oxygen atoms in total. The van der Waals surface area contributed by atoms with Crippen molar-refractivity contribution in [2.75, 3.05) is 20.2 Å². The first kappa shape index (κ1) is 21.7. The van der Waals surface area contributed by atoms with Gasteiger partial charge in [0.2, 0.25) is 11.8 Å². The lowest BCUT2D eigenvalue weighted by atomic mass is 10.1. The van der Waals surface area contributed by atoms with Crippen LogP contribution in [0, 0.1) is 5.92 Å². The van der Waals surface area contributed by atoms with Crippen molar-refractivity contribution in [3.05, 3.63) is 35.4 Å². The van der Waals surface area contributed by atoms with E-state index in [0.717, 1.165) is 12.1 Å². The number of ether oxygens (including phenoxy) is 1. The van der Waals surface area contributed by atoms with Gasteiger partial charge in [0.05, 0.1) is 18.6 Å². The summed E-state index contributed by atoms with van der Waals surface area (Å²) >= 11 is 0. The lowest BCUT2D eigenvalue weighted by Gasteiger charge is -2.28. The van der Waals surface area contributed by atoms with E-state index in [2.05, 4.69) is 4.74 Å². The van der Waals surface area contributed by atoms with Gasteiger partial charge in [-0.1, -0.05) is 12.1 Å². The Morgan fingerprint density at radius 3 is 2.57 bits per heavy atom. The van der Waals surface area contributed by atoms with E-state index >= 15 is 0 Å². The maximum absolute atomic E-state index is 12.9. The first-order chi connectivity index (χ1) is 13.0. The van der Waals surface area contributed by atoms with Gasteiger partial charge in [0.25, 0.3) is 0 Å². The van der Waals surface area contributed by atoms with Crippen LogP contribution < -0.4 is 0 Å². The van der Waals surface area contributed by atoms with Gasteiger partial charge >= 0.3 is 12.1 Å². The Labute approximate surface area is 161 Å². The SMILES string of the molecule is COC(=O)CN(C(=O)C1CC(=O)N(Cc2cccc(C(F)(F)F)c2)C1)C(C)C. The largest absolute Gasteiger partial charge is 0.468 e. The molecule has 1 unspecified atom stereocenters. The van der Waals surface area contributed by atoms with Gasteiger partial charge in [0.15, 0.2) is 0 Å². The van der Waals surface area contributed by atoms with E-state index in [0.29, 0.717) is 5.56 Å². The van der Waals surface area contributed by atoms with E-state index in [4.69, 9.17) is 0 Å². The van der Waals surface area contributed by atoms with E-state index in [1.54, 1.807) is 13.8 Å². The molecule has 1 saturated heterocycles. The summed E-state index contributed by atoms with van der Waals surface area (Å²) in [6.45, 7) is 3.37. The molecule has 28 heavy (non-hydrogen) atoms. The van der Waals surface area contributed by atoms with Crippen molar-refractivity contribution in [3.8, 4) is 0 Å². The standard InChI is InChI=1S/C19H23F3N2O4/c1-12(2)24(11-17(26)28-3)18(27)14-8-16(25)23(10-14)9-13-5-4-6-15(7-13)19(20,21)22/h4-7,12,14H,8-11H2,1-3H3. The highest BCUT2D eigenvalue weighted by atomic mass is 19.4. The van der Waals surface area contributed by atoms with Crippen LogP contribution >= 0.6 is 0 Å². The second kappa shape index (κ2) is 8.62. The summed E-state index contributed by atoms with van der Waals surface area (Å²) in [6.07, 6.45) is -4.50. The molecule has 0 radical (unpaired) electrons. The van der Waals surface area contributed by atoms with Crippen LogP contribution in [-0.2, 0) is 31.8 Å². The summed E-state index contributed by atoms with van der Waals surface area (Å²) in [7, 11) is 1.22. The molecular formula is C19H23F3N2O4. The second-order valence-electron chi connectivity index (χ2n) is 7.01. The van der Waals surface area contributed by atoms with Crippen molar-refractivity contribution in [1.82, 2.24) is 9.80 Å². The molecule has 1 aliphatic rings. The van der Waals surface area contributed by atoms with Gasteiger partial charge in [-0.3, -0.25) is 14.4 Å². The van der Waals surface area contributed by atoms with Gasteiger partial charge in [0, 0.05) is 25.6 Å². The molecule has 0 aromatic heterocycles. The Hall–Kier alpha value is -2.58. The Morgan fingerprint density at radius 1 is 1.32 bits per heavy atom. The van der Waals surface area contributed by atoms with Crippen molar-refractivity contribution in [2.45, 2.75) is 39.0 Å². The molecule has 0 spiro atoms. The van der Waals surface area contributed by atoms with Crippen LogP contribution in [0.2, 0.25) is 0 Å². The van der Waals surface area contributed by atoms with E-state index in [9.17, 15) is 27.6 Å². The number of hydrogen-bond acceptors (Lipinski definition) is 4. The summed E-state index contributed by atoms with van der Waals surface area (Å²) in [6, 6.07) is 4.50. The summed E-state index contributed by atoms with van der Waals surface area (Å²) in [5.74, 6) is -1.87. The average Bonchev–Trinajstić information content (AvgIpc) is 2.98. The number of carbonyl (C=O) groups excluding carboxylic acids is 3. The maximum atomic E-state index is 12.9. The van der Waals surface area contributed by atoms with Gasteiger partial charge in [-0.15, -0.1) is 0 Å². The Kier molecular flexibility index (Phi) is 6.69. The number of methoxy groups -OCH3 is 1. The van der Waals surface area contributed by atoms with Crippen LogP contribution in [0.25, 0.3) is 0 Å². The molecule has 1 fully saturated rings. The quantitative estimate of drug-likeness (QED) is 0.688.